The van der Waals surface area contributed by atoms with E-state index in [1.807, 2.05) is 24.0 Å². The van der Waals surface area contributed by atoms with E-state index in [1.165, 1.54) is 28.8 Å². The summed E-state index contributed by atoms with van der Waals surface area (Å²) in [6, 6.07) is 12.4. The first-order chi connectivity index (χ1) is 19.5. The monoisotopic (exact) mass is 580 g/mol. The van der Waals surface area contributed by atoms with Crippen LogP contribution in [0.4, 0.5) is 11.4 Å². The van der Waals surface area contributed by atoms with Crippen molar-refractivity contribution in [1.29, 1.82) is 0 Å². The molecule has 41 heavy (non-hydrogen) atoms. The number of hydrogen-bond acceptors (Lipinski definition) is 8. The van der Waals surface area contributed by atoms with Gasteiger partial charge < -0.3 is 31.3 Å². The Hall–Kier alpha value is -3.87. The highest BCUT2D eigenvalue weighted by Gasteiger charge is 2.60. The van der Waals surface area contributed by atoms with E-state index in [-0.39, 0.29) is 34.2 Å². The van der Waals surface area contributed by atoms with Crippen molar-refractivity contribution in [2.45, 2.75) is 50.3 Å². The Bertz CT molecular complexity index is 1430. The summed E-state index contributed by atoms with van der Waals surface area (Å²) < 4.78 is 0. The maximum Gasteiger partial charge on any atom is 0.353 e. The minimum absolute atomic E-state index is 0.0436. The molecule has 5 rings (SSSR count). The van der Waals surface area contributed by atoms with Crippen LogP contribution >= 0.6 is 11.8 Å². The molecule has 6 N–H and O–H groups in total. The lowest BCUT2D eigenvalue weighted by Crippen LogP contribution is -2.63. The molecule has 11 nitrogen and oxygen atoms in total. The molecule has 0 radical (unpaired) electrons. The van der Waals surface area contributed by atoms with E-state index in [2.05, 4.69) is 5.32 Å². The minimum atomic E-state index is -1.19. The second-order valence-corrected chi connectivity index (χ2v) is 12.2. The molecule has 12 heteroatoms. The molecule has 0 bridgehead atoms. The summed E-state index contributed by atoms with van der Waals surface area (Å²) in [5.41, 5.74) is 7.79. The number of likely N-dealkylation sites (tertiary alicyclic amines) is 1. The Kier molecular flexibility index (Phi) is 7.82. The summed E-state index contributed by atoms with van der Waals surface area (Å²) in [5, 5.41) is 32.2. The first-order valence-electron chi connectivity index (χ1n) is 13.3. The fourth-order valence-corrected chi connectivity index (χ4v) is 7.62. The van der Waals surface area contributed by atoms with Gasteiger partial charge in [-0.2, -0.15) is 0 Å². The minimum Gasteiger partial charge on any atom is -0.478 e. The topological polar surface area (TPSA) is 174 Å². The number of fused-ring (bicyclic) bond motifs is 1. The number of carbonyl (C=O) groups excluding carboxylic acids is 2. The predicted molar refractivity (Wildman–Crippen MR) is 153 cm³/mol. The highest BCUT2D eigenvalue weighted by molar-refractivity contribution is 8.03. The number of nitrogens with one attached hydrogen (secondary N) is 1. The van der Waals surface area contributed by atoms with Crippen LogP contribution in [0.2, 0.25) is 0 Å². The number of rotatable bonds is 9. The van der Waals surface area contributed by atoms with E-state index in [9.17, 15) is 34.5 Å². The van der Waals surface area contributed by atoms with Crippen LogP contribution in [0.25, 0.3) is 0 Å². The Morgan fingerprint density at radius 2 is 1.83 bits per heavy atom. The third kappa shape index (κ3) is 5.42. The van der Waals surface area contributed by atoms with Crippen LogP contribution in [0.5, 0.6) is 0 Å². The van der Waals surface area contributed by atoms with Crippen molar-refractivity contribution in [3.63, 3.8) is 0 Å². The molecule has 2 aromatic rings. The van der Waals surface area contributed by atoms with Crippen molar-refractivity contribution in [2.75, 3.05) is 17.6 Å². The molecule has 0 aliphatic carbocycles. The number of carboxylic acids is 2. The number of nitrogens with zero attached hydrogens (tertiary/aromatic N) is 2. The van der Waals surface area contributed by atoms with Crippen molar-refractivity contribution in [2.24, 2.45) is 11.8 Å². The number of aliphatic hydroxyl groups is 1. The van der Waals surface area contributed by atoms with Gasteiger partial charge in [-0.3, -0.25) is 14.5 Å². The number of nitrogens with two attached hydrogens (primary N) is 1. The second kappa shape index (κ2) is 11.2. The van der Waals surface area contributed by atoms with E-state index in [4.69, 9.17) is 5.73 Å². The molecular weight excluding hydrogens is 548 g/mol. The first-order valence-corrected chi connectivity index (χ1v) is 14.2. The number of hydrogen-bond donors (Lipinski definition) is 5. The summed E-state index contributed by atoms with van der Waals surface area (Å²) in [6.45, 7) is 4.34. The van der Waals surface area contributed by atoms with E-state index in [0.717, 1.165) is 5.56 Å². The molecule has 0 unspecified atom stereocenters. The zero-order chi connectivity index (χ0) is 29.6. The molecule has 2 saturated heterocycles. The number of carboxylic acid groups (broad SMARTS) is 2. The molecule has 0 aromatic heterocycles. The lowest BCUT2D eigenvalue weighted by molar-refractivity contribution is -0.163. The van der Waals surface area contributed by atoms with Gasteiger partial charge in [0.1, 0.15) is 5.70 Å². The van der Waals surface area contributed by atoms with Crippen molar-refractivity contribution in [1.82, 2.24) is 9.80 Å². The quantitative estimate of drug-likeness (QED) is 0.219. The van der Waals surface area contributed by atoms with Gasteiger partial charge in [0.2, 0.25) is 11.8 Å². The second-order valence-electron chi connectivity index (χ2n) is 10.8. The molecule has 2 fully saturated rings. The maximum atomic E-state index is 13.5. The smallest absolute Gasteiger partial charge is 0.353 e. The fourth-order valence-electron chi connectivity index (χ4n) is 6.07. The molecular formula is C29H32N4O7S. The Balaban J connectivity index is 1.39. The molecule has 216 valence electrons. The Labute approximate surface area is 241 Å². The predicted octanol–water partition coefficient (Wildman–Crippen LogP) is 2.44. The summed E-state index contributed by atoms with van der Waals surface area (Å²) in [5.74, 6) is -3.90. The summed E-state index contributed by atoms with van der Waals surface area (Å²) in [7, 11) is 0. The number of aliphatic hydroxyl groups excluding tert-OH is 1. The average molecular weight is 581 g/mol. The molecule has 0 saturated carbocycles. The number of thioether (sulfide) groups is 1. The lowest BCUT2D eigenvalue weighted by atomic mass is 9.79. The fraction of sp³-hybridized carbons (Fsp3) is 0.379. The van der Waals surface area contributed by atoms with Gasteiger partial charge in [0, 0.05) is 40.5 Å². The van der Waals surface area contributed by atoms with Crippen LogP contribution in [0.15, 0.2) is 59.1 Å². The number of aromatic carboxylic acids is 1. The van der Waals surface area contributed by atoms with Crippen LogP contribution in [0.3, 0.4) is 0 Å². The molecule has 0 spiro atoms. The van der Waals surface area contributed by atoms with Gasteiger partial charge >= 0.3 is 11.9 Å². The molecule has 3 aliphatic heterocycles. The summed E-state index contributed by atoms with van der Waals surface area (Å²) in [4.78, 5) is 53.8. The number of aliphatic carboxylic acids is 1. The zero-order valence-electron chi connectivity index (χ0n) is 22.6. The van der Waals surface area contributed by atoms with Crippen molar-refractivity contribution in [3.8, 4) is 0 Å². The van der Waals surface area contributed by atoms with Gasteiger partial charge in [0.15, 0.2) is 0 Å². The van der Waals surface area contributed by atoms with Crippen LogP contribution < -0.4 is 11.1 Å². The van der Waals surface area contributed by atoms with Crippen molar-refractivity contribution in [3.05, 3.63) is 70.3 Å². The highest BCUT2D eigenvalue weighted by atomic mass is 32.2. The van der Waals surface area contributed by atoms with Gasteiger partial charge in [-0.25, -0.2) is 9.59 Å². The number of benzene rings is 2. The van der Waals surface area contributed by atoms with Gasteiger partial charge in [0.05, 0.1) is 29.7 Å². The number of nitrogen functional groups attached to an aromatic ring is 1. The SMILES string of the molecule is C[C@@H](O)[C@H]1C(=O)N2C(C(=O)O)=C(S[C@@H]3C[C@@H](C(=O)Nc4cccc(C(=O)O)c4)N(Cc4ccc(N)cc4)C3)[C@H](C)[C@H]12. The third-order valence-corrected chi connectivity index (χ3v) is 9.51. The molecule has 6 atom stereocenters. The summed E-state index contributed by atoms with van der Waals surface area (Å²) in [6.07, 6.45) is -0.480. The maximum absolute atomic E-state index is 13.5. The Morgan fingerprint density at radius 3 is 2.46 bits per heavy atom. The lowest BCUT2D eigenvalue weighted by Gasteiger charge is -2.46. The standard InChI is InChI=1S/C29H32N4O7S/c1-14-23-22(15(2)34)27(36)33(23)24(29(39)40)25(14)41-20-11-21(32(13-20)12-16-6-8-18(30)9-7-16)26(35)31-19-5-3-4-17(10-19)28(37)38/h3-10,14-15,20-23,34H,11-13,30H2,1-2H3,(H,31,35)(H,37,38)(H,39,40)/t14-,15-,20-,21+,22-,23-/m1/s1. The van der Waals surface area contributed by atoms with E-state index < -0.39 is 36.0 Å². The molecule has 3 heterocycles. The highest BCUT2D eigenvalue weighted by Crippen LogP contribution is 2.52. The van der Waals surface area contributed by atoms with Crippen LogP contribution in [0, 0.1) is 11.8 Å². The third-order valence-electron chi connectivity index (χ3n) is 8.01. The van der Waals surface area contributed by atoms with E-state index >= 15 is 0 Å². The number of β-lactam (4-membered cyclic amide) rings is 1. The number of carbonyl (C=O) groups is 4. The van der Waals surface area contributed by atoms with Gasteiger partial charge in [-0.15, -0.1) is 11.8 Å². The van der Waals surface area contributed by atoms with Gasteiger partial charge in [-0.05, 0) is 49.2 Å². The Morgan fingerprint density at radius 1 is 1.12 bits per heavy atom. The normalized spacial score (nSPS) is 26.5. The zero-order valence-corrected chi connectivity index (χ0v) is 23.4. The van der Waals surface area contributed by atoms with Crippen LogP contribution in [-0.4, -0.2) is 78.9 Å². The first kappa shape index (κ1) is 28.7. The van der Waals surface area contributed by atoms with Gasteiger partial charge in [-0.1, -0.05) is 25.1 Å². The van der Waals surface area contributed by atoms with Crippen molar-refractivity contribution < 1.29 is 34.5 Å². The molecule has 2 aromatic carbocycles. The number of anilines is 2. The van der Waals surface area contributed by atoms with Crippen LogP contribution in [-0.2, 0) is 20.9 Å². The molecule has 2 amide bonds. The van der Waals surface area contributed by atoms with Crippen LogP contribution in [0.1, 0.15) is 36.2 Å². The van der Waals surface area contributed by atoms with E-state index in [0.29, 0.717) is 35.8 Å². The molecule has 3 aliphatic rings. The average Bonchev–Trinajstić information content (AvgIpc) is 3.42. The summed E-state index contributed by atoms with van der Waals surface area (Å²) >= 11 is 1.38. The van der Waals surface area contributed by atoms with Gasteiger partial charge in [0.25, 0.3) is 0 Å². The number of amides is 2. The van der Waals surface area contributed by atoms with E-state index in [1.54, 1.807) is 31.2 Å². The largest absolute Gasteiger partial charge is 0.478 e. The van der Waals surface area contributed by atoms with Crippen molar-refractivity contribution >= 4 is 46.9 Å².